The smallest absolute Gasteiger partial charge is 0.240 e. The molecule has 2 aliphatic rings. The Balaban J connectivity index is 1.29. The first-order valence-electron chi connectivity index (χ1n) is 12.7. The van der Waals surface area contributed by atoms with E-state index in [1.165, 1.54) is 18.2 Å². The molecule has 4 atom stereocenters. The summed E-state index contributed by atoms with van der Waals surface area (Å²) in [6.07, 6.45) is -0.550. The Morgan fingerprint density at radius 1 is 1.05 bits per heavy atom. The van der Waals surface area contributed by atoms with Gasteiger partial charge in [-0.2, -0.15) is 0 Å². The number of fused-ring (bicyclic) bond motifs is 2. The maximum atomic E-state index is 13.6. The number of hydrogen-bond acceptors (Lipinski definition) is 8. The summed E-state index contributed by atoms with van der Waals surface area (Å²) < 4.78 is 38.9. The standard InChI is InChI=1S/C28H31N3O7S/c29-38-21(16-30-39(34,35)22-10-11-25-26(15-22)37-17-36-25)13-20(12-18-6-2-1-3-7-18)28(33)31-27-23-9-5-4-8-19(23)14-24(27)32/h1-11,15,20-21,24,27,30,32H,12-14,16-17,29H2,(H,31,33)/t20-,21+,24-,27+/m1/s1. The van der Waals surface area contributed by atoms with Crippen molar-refractivity contribution in [1.82, 2.24) is 10.0 Å². The van der Waals surface area contributed by atoms with Gasteiger partial charge in [-0.1, -0.05) is 54.6 Å². The molecular weight excluding hydrogens is 522 g/mol. The number of amides is 1. The molecule has 1 amide bonds. The highest BCUT2D eigenvalue weighted by atomic mass is 32.2. The normalized spacial score (nSPS) is 19.3. The van der Waals surface area contributed by atoms with Gasteiger partial charge < -0.3 is 19.9 Å². The number of benzene rings is 3. The Labute approximate surface area is 227 Å². The van der Waals surface area contributed by atoms with E-state index >= 15 is 0 Å². The Kier molecular flexibility index (Phi) is 8.15. The summed E-state index contributed by atoms with van der Waals surface area (Å²) in [4.78, 5) is 18.7. The lowest BCUT2D eigenvalue weighted by Crippen LogP contribution is -2.42. The van der Waals surface area contributed by atoms with E-state index in [4.69, 9.17) is 20.2 Å². The minimum atomic E-state index is -3.92. The van der Waals surface area contributed by atoms with Crippen LogP contribution >= 0.6 is 0 Å². The second-order valence-electron chi connectivity index (χ2n) is 9.70. The quantitative estimate of drug-likeness (QED) is 0.263. The lowest BCUT2D eigenvalue weighted by atomic mass is 9.92. The molecule has 0 bridgehead atoms. The van der Waals surface area contributed by atoms with E-state index in [-0.39, 0.29) is 30.6 Å². The summed E-state index contributed by atoms with van der Waals surface area (Å²) in [6, 6.07) is 20.9. The number of nitrogens with one attached hydrogen (secondary N) is 2. The molecule has 11 heteroatoms. The molecule has 0 radical (unpaired) electrons. The fourth-order valence-corrected chi connectivity index (χ4v) is 6.12. The average molecular weight is 554 g/mol. The zero-order valence-electron chi connectivity index (χ0n) is 21.2. The minimum absolute atomic E-state index is 0.00925. The Bertz CT molecular complexity index is 1420. The number of aliphatic hydroxyl groups is 1. The maximum Gasteiger partial charge on any atom is 0.240 e. The SMILES string of the molecule is NO[C@H](CNS(=O)(=O)c1ccc2c(c1)OCO2)C[C@@H](Cc1ccccc1)C(=O)N[C@H]1c2ccccc2C[C@H]1O. The summed E-state index contributed by atoms with van der Waals surface area (Å²) >= 11 is 0. The van der Waals surface area contributed by atoms with E-state index in [0.717, 1.165) is 16.7 Å². The van der Waals surface area contributed by atoms with Gasteiger partial charge >= 0.3 is 0 Å². The molecule has 3 aromatic carbocycles. The van der Waals surface area contributed by atoms with Crippen LogP contribution in [0, 0.1) is 5.92 Å². The van der Waals surface area contributed by atoms with Crippen molar-refractivity contribution in [3.63, 3.8) is 0 Å². The molecule has 39 heavy (non-hydrogen) atoms. The van der Waals surface area contributed by atoms with Crippen LogP contribution < -0.4 is 25.4 Å². The lowest BCUT2D eigenvalue weighted by Gasteiger charge is -2.25. The summed E-state index contributed by atoms with van der Waals surface area (Å²) in [6.45, 7) is -0.121. The summed E-state index contributed by atoms with van der Waals surface area (Å²) in [5.41, 5.74) is 2.82. The predicted molar refractivity (Wildman–Crippen MR) is 142 cm³/mol. The number of aliphatic hydroxyl groups excluding tert-OH is 1. The molecule has 0 unspecified atom stereocenters. The highest BCUT2D eigenvalue weighted by molar-refractivity contribution is 7.89. The van der Waals surface area contributed by atoms with Crippen LogP contribution in [0.2, 0.25) is 0 Å². The number of ether oxygens (including phenoxy) is 2. The van der Waals surface area contributed by atoms with Crippen LogP contribution in [-0.2, 0) is 32.5 Å². The van der Waals surface area contributed by atoms with Crippen molar-refractivity contribution < 1.29 is 32.6 Å². The number of hydrogen-bond donors (Lipinski definition) is 4. The Morgan fingerprint density at radius 3 is 2.59 bits per heavy atom. The van der Waals surface area contributed by atoms with Gasteiger partial charge in [0.2, 0.25) is 22.7 Å². The molecular formula is C28H31N3O7S. The number of carbonyl (C=O) groups is 1. The largest absolute Gasteiger partial charge is 0.454 e. The maximum absolute atomic E-state index is 13.6. The number of rotatable bonds is 11. The summed E-state index contributed by atoms with van der Waals surface area (Å²) in [7, 11) is -3.92. The fraction of sp³-hybridized carbons (Fsp3) is 0.321. The van der Waals surface area contributed by atoms with Gasteiger partial charge in [0.15, 0.2) is 11.5 Å². The molecule has 1 heterocycles. The number of sulfonamides is 1. The van der Waals surface area contributed by atoms with Gasteiger partial charge in [-0.3, -0.25) is 9.63 Å². The van der Waals surface area contributed by atoms with Gasteiger partial charge in [0.1, 0.15) is 0 Å². The lowest BCUT2D eigenvalue weighted by molar-refractivity contribution is -0.128. The van der Waals surface area contributed by atoms with Crippen LogP contribution in [0.5, 0.6) is 11.5 Å². The number of carbonyl (C=O) groups excluding carboxylic acids is 1. The Hall–Kier alpha value is -3.48. The summed E-state index contributed by atoms with van der Waals surface area (Å²) in [5.74, 6) is 5.50. The van der Waals surface area contributed by atoms with Gasteiger partial charge in [0, 0.05) is 24.9 Å². The van der Waals surface area contributed by atoms with E-state index in [1.807, 2.05) is 54.6 Å². The monoisotopic (exact) mass is 553 g/mol. The first-order chi connectivity index (χ1) is 18.8. The van der Waals surface area contributed by atoms with E-state index in [2.05, 4.69) is 10.0 Å². The second-order valence-corrected chi connectivity index (χ2v) is 11.5. The van der Waals surface area contributed by atoms with Crippen LogP contribution in [0.15, 0.2) is 77.7 Å². The topological polar surface area (TPSA) is 149 Å². The molecule has 10 nitrogen and oxygen atoms in total. The highest BCUT2D eigenvalue weighted by Gasteiger charge is 2.34. The molecule has 1 aliphatic carbocycles. The van der Waals surface area contributed by atoms with E-state index in [1.54, 1.807) is 0 Å². The fourth-order valence-electron chi connectivity index (χ4n) is 5.04. The van der Waals surface area contributed by atoms with Crippen molar-refractivity contribution >= 4 is 15.9 Å². The zero-order valence-corrected chi connectivity index (χ0v) is 22.0. The minimum Gasteiger partial charge on any atom is -0.454 e. The van der Waals surface area contributed by atoms with Crippen molar-refractivity contribution in [2.24, 2.45) is 11.8 Å². The first-order valence-corrected chi connectivity index (χ1v) is 14.2. The highest BCUT2D eigenvalue weighted by Crippen LogP contribution is 2.34. The molecule has 5 N–H and O–H groups in total. The van der Waals surface area contributed by atoms with Crippen molar-refractivity contribution in [1.29, 1.82) is 0 Å². The summed E-state index contributed by atoms with van der Waals surface area (Å²) in [5, 5.41) is 13.7. The van der Waals surface area contributed by atoms with Crippen LogP contribution in [0.25, 0.3) is 0 Å². The predicted octanol–water partition coefficient (Wildman–Crippen LogP) is 1.98. The second kappa shape index (κ2) is 11.7. The average Bonchev–Trinajstić information content (AvgIpc) is 3.54. The van der Waals surface area contributed by atoms with Gasteiger partial charge in [-0.05, 0) is 41.7 Å². The van der Waals surface area contributed by atoms with Gasteiger partial charge in [-0.15, -0.1) is 0 Å². The molecule has 0 aromatic heterocycles. The van der Waals surface area contributed by atoms with Gasteiger partial charge in [-0.25, -0.2) is 19.0 Å². The molecule has 0 fully saturated rings. The Morgan fingerprint density at radius 2 is 1.79 bits per heavy atom. The molecule has 5 rings (SSSR count). The van der Waals surface area contributed by atoms with E-state index in [0.29, 0.717) is 24.3 Å². The zero-order chi connectivity index (χ0) is 27.4. The first kappa shape index (κ1) is 27.1. The van der Waals surface area contributed by atoms with Crippen LogP contribution in [0.3, 0.4) is 0 Å². The van der Waals surface area contributed by atoms with Crippen molar-refractivity contribution in [2.45, 2.75) is 42.4 Å². The molecule has 0 saturated carbocycles. The number of nitrogens with two attached hydrogens (primary N) is 1. The van der Waals surface area contributed by atoms with E-state index in [9.17, 15) is 18.3 Å². The van der Waals surface area contributed by atoms with E-state index < -0.39 is 34.2 Å². The van der Waals surface area contributed by atoms with Crippen molar-refractivity contribution in [2.75, 3.05) is 13.3 Å². The van der Waals surface area contributed by atoms with Crippen LogP contribution in [0.4, 0.5) is 0 Å². The van der Waals surface area contributed by atoms with Crippen LogP contribution in [-0.4, -0.2) is 45.0 Å². The molecule has 1 aliphatic heterocycles. The molecule has 206 valence electrons. The third-order valence-electron chi connectivity index (χ3n) is 7.09. The molecule has 0 saturated heterocycles. The third-order valence-corrected chi connectivity index (χ3v) is 8.51. The molecule has 0 spiro atoms. The van der Waals surface area contributed by atoms with Crippen molar-refractivity contribution in [3.05, 3.63) is 89.5 Å². The van der Waals surface area contributed by atoms with Gasteiger partial charge in [0.25, 0.3) is 0 Å². The van der Waals surface area contributed by atoms with Gasteiger partial charge in [0.05, 0.1) is 23.1 Å². The molecule has 3 aromatic rings. The van der Waals surface area contributed by atoms with Crippen LogP contribution in [0.1, 0.15) is 29.2 Å². The van der Waals surface area contributed by atoms with Crippen molar-refractivity contribution in [3.8, 4) is 11.5 Å². The third kappa shape index (κ3) is 6.23.